The topological polar surface area (TPSA) is 57.2 Å². The molecule has 1 aliphatic heterocycles. The Morgan fingerprint density at radius 3 is 2.52 bits per heavy atom. The molecule has 0 saturated carbocycles. The van der Waals surface area contributed by atoms with Crippen molar-refractivity contribution < 1.29 is 23.7 Å². The maximum absolute atomic E-state index is 12.8. The zero-order valence-electron chi connectivity index (χ0n) is 17.1. The van der Waals surface area contributed by atoms with Gasteiger partial charge in [0.05, 0.1) is 6.61 Å². The molecule has 0 radical (unpaired) electrons. The van der Waals surface area contributed by atoms with Crippen LogP contribution in [0.2, 0.25) is 0 Å². The first-order chi connectivity index (χ1) is 14.2. The molecule has 0 bridgehead atoms. The average molecular weight is 399 g/mol. The second-order valence-electron chi connectivity index (χ2n) is 6.79. The molecular formula is C23H29NO5. The number of amides is 1. The smallest absolute Gasteiger partial charge is 0.266 e. The van der Waals surface area contributed by atoms with E-state index in [1.54, 1.807) is 7.11 Å². The number of benzene rings is 2. The largest absolute Gasteiger partial charge is 0.491 e. The quantitative estimate of drug-likeness (QED) is 0.404. The van der Waals surface area contributed by atoms with Gasteiger partial charge in [0.25, 0.3) is 5.91 Å². The fraction of sp³-hybridized carbons (Fsp3) is 0.435. The van der Waals surface area contributed by atoms with Gasteiger partial charge in [0, 0.05) is 26.9 Å². The lowest BCUT2D eigenvalue weighted by Crippen LogP contribution is -2.61. The SMILES string of the molecule is CCOCCCN1C(=O)[C@H](Oc2ccccc2)[C@@H]1c1cccc(OCCOC)c1. The number of β-lactam (4-membered cyclic amide) rings is 1. The predicted octanol–water partition coefficient (Wildman–Crippen LogP) is 3.47. The third kappa shape index (κ3) is 5.49. The Balaban J connectivity index is 1.75. The second-order valence-corrected chi connectivity index (χ2v) is 6.79. The molecule has 2 atom stereocenters. The monoisotopic (exact) mass is 399 g/mol. The molecule has 1 amide bonds. The minimum Gasteiger partial charge on any atom is -0.491 e. The molecule has 3 rings (SSSR count). The van der Waals surface area contributed by atoms with Gasteiger partial charge in [-0.25, -0.2) is 0 Å². The number of para-hydroxylation sites is 1. The summed E-state index contributed by atoms with van der Waals surface area (Å²) < 4.78 is 22.3. The minimum absolute atomic E-state index is 0.000978. The number of nitrogens with zero attached hydrogens (tertiary/aromatic N) is 1. The van der Waals surface area contributed by atoms with Crippen molar-refractivity contribution in [3.8, 4) is 11.5 Å². The van der Waals surface area contributed by atoms with E-state index in [1.165, 1.54) is 0 Å². The van der Waals surface area contributed by atoms with E-state index in [1.807, 2.05) is 66.4 Å². The van der Waals surface area contributed by atoms with Crippen LogP contribution < -0.4 is 9.47 Å². The van der Waals surface area contributed by atoms with Crippen molar-refractivity contribution in [3.63, 3.8) is 0 Å². The molecule has 0 aromatic heterocycles. The lowest BCUT2D eigenvalue weighted by atomic mass is 9.90. The summed E-state index contributed by atoms with van der Waals surface area (Å²) in [5.41, 5.74) is 0.997. The van der Waals surface area contributed by atoms with E-state index in [2.05, 4.69) is 0 Å². The summed E-state index contributed by atoms with van der Waals surface area (Å²) in [4.78, 5) is 14.7. The van der Waals surface area contributed by atoms with Crippen LogP contribution >= 0.6 is 0 Å². The third-order valence-corrected chi connectivity index (χ3v) is 4.80. The molecule has 156 valence electrons. The standard InChI is InChI=1S/C23H29NO5/c1-3-27-14-8-13-24-21(18-9-7-12-20(17-18)28-16-15-26-2)22(23(24)25)29-19-10-5-4-6-11-19/h4-7,9-12,17,21-22H,3,8,13-16H2,1-2H3/t21-,22+/m0/s1. The maximum atomic E-state index is 12.8. The molecule has 0 N–H and O–H groups in total. The Bertz CT molecular complexity index is 767. The van der Waals surface area contributed by atoms with E-state index in [-0.39, 0.29) is 11.9 Å². The van der Waals surface area contributed by atoms with E-state index in [0.29, 0.717) is 38.7 Å². The molecule has 0 unspecified atom stereocenters. The van der Waals surface area contributed by atoms with Gasteiger partial charge in [0.2, 0.25) is 6.10 Å². The van der Waals surface area contributed by atoms with Crippen LogP contribution in [0, 0.1) is 0 Å². The van der Waals surface area contributed by atoms with Gasteiger partial charge in [-0.15, -0.1) is 0 Å². The van der Waals surface area contributed by atoms with Crippen molar-refractivity contribution in [2.24, 2.45) is 0 Å². The fourth-order valence-corrected chi connectivity index (χ4v) is 3.39. The summed E-state index contributed by atoms with van der Waals surface area (Å²) in [6, 6.07) is 17.1. The highest BCUT2D eigenvalue weighted by molar-refractivity contribution is 5.89. The highest BCUT2D eigenvalue weighted by Crippen LogP contribution is 2.38. The summed E-state index contributed by atoms with van der Waals surface area (Å²) in [6.45, 7) is 4.92. The number of methoxy groups -OCH3 is 1. The van der Waals surface area contributed by atoms with Crippen molar-refractivity contribution >= 4 is 5.91 Å². The summed E-state index contributed by atoms with van der Waals surface area (Å²) in [5.74, 6) is 1.45. The second kappa shape index (κ2) is 10.8. The van der Waals surface area contributed by atoms with E-state index in [0.717, 1.165) is 17.7 Å². The van der Waals surface area contributed by atoms with Gasteiger partial charge in [-0.05, 0) is 43.2 Å². The molecule has 0 spiro atoms. The van der Waals surface area contributed by atoms with E-state index < -0.39 is 6.10 Å². The summed E-state index contributed by atoms with van der Waals surface area (Å²) >= 11 is 0. The van der Waals surface area contributed by atoms with Gasteiger partial charge in [-0.1, -0.05) is 30.3 Å². The van der Waals surface area contributed by atoms with Gasteiger partial charge >= 0.3 is 0 Å². The Labute approximate surface area is 172 Å². The molecule has 0 aliphatic carbocycles. The van der Waals surface area contributed by atoms with Crippen LogP contribution in [0.15, 0.2) is 54.6 Å². The van der Waals surface area contributed by atoms with Crippen LogP contribution in [0.3, 0.4) is 0 Å². The first-order valence-electron chi connectivity index (χ1n) is 10.1. The number of likely N-dealkylation sites (tertiary alicyclic amines) is 1. The first kappa shape index (κ1) is 21.1. The van der Waals surface area contributed by atoms with Gasteiger partial charge in [-0.3, -0.25) is 4.79 Å². The van der Waals surface area contributed by atoms with Crippen LogP contribution in [0.25, 0.3) is 0 Å². The Kier molecular flexibility index (Phi) is 7.90. The molecular weight excluding hydrogens is 370 g/mol. The summed E-state index contributed by atoms with van der Waals surface area (Å²) in [6.07, 6.45) is 0.247. The number of rotatable bonds is 12. The highest BCUT2D eigenvalue weighted by atomic mass is 16.5. The zero-order chi connectivity index (χ0) is 20.5. The van der Waals surface area contributed by atoms with E-state index >= 15 is 0 Å². The number of hydrogen-bond donors (Lipinski definition) is 0. The molecule has 1 saturated heterocycles. The molecule has 6 nitrogen and oxygen atoms in total. The fourth-order valence-electron chi connectivity index (χ4n) is 3.39. The summed E-state index contributed by atoms with van der Waals surface area (Å²) in [5, 5.41) is 0. The Hall–Kier alpha value is -2.57. The van der Waals surface area contributed by atoms with Crippen molar-refractivity contribution in [3.05, 3.63) is 60.2 Å². The van der Waals surface area contributed by atoms with Crippen molar-refractivity contribution in [2.75, 3.05) is 40.1 Å². The van der Waals surface area contributed by atoms with Crippen LogP contribution in [-0.4, -0.2) is 57.0 Å². The maximum Gasteiger partial charge on any atom is 0.266 e. The predicted molar refractivity (Wildman–Crippen MR) is 110 cm³/mol. The Morgan fingerprint density at radius 2 is 1.76 bits per heavy atom. The normalized spacial score (nSPS) is 18.4. The van der Waals surface area contributed by atoms with Crippen LogP contribution in [0.1, 0.15) is 24.9 Å². The minimum atomic E-state index is -0.543. The number of ether oxygens (including phenoxy) is 4. The molecule has 29 heavy (non-hydrogen) atoms. The van der Waals surface area contributed by atoms with Crippen LogP contribution in [0.5, 0.6) is 11.5 Å². The third-order valence-electron chi connectivity index (χ3n) is 4.80. The van der Waals surface area contributed by atoms with Gasteiger partial charge in [0.15, 0.2) is 0 Å². The average Bonchev–Trinajstić information content (AvgIpc) is 2.75. The van der Waals surface area contributed by atoms with E-state index in [9.17, 15) is 4.79 Å². The van der Waals surface area contributed by atoms with Crippen molar-refractivity contribution in [2.45, 2.75) is 25.5 Å². The van der Waals surface area contributed by atoms with Gasteiger partial charge < -0.3 is 23.8 Å². The molecule has 2 aromatic carbocycles. The van der Waals surface area contributed by atoms with Gasteiger partial charge in [-0.2, -0.15) is 0 Å². The van der Waals surface area contributed by atoms with Crippen LogP contribution in [0.4, 0.5) is 0 Å². The Morgan fingerprint density at radius 1 is 0.966 bits per heavy atom. The molecule has 6 heteroatoms. The first-order valence-corrected chi connectivity index (χ1v) is 10.1. The van der Waals surface area contributed by atoms with Gasteiger partial charge in [0.1, 0.15) is 24.1 Å². The molecule has 2 aromatic rings. The number of carbonyl (C=O) groups is 1. The van der Waals surface area contributed by atoms with Crippen LogP contribution in [-0.2, 0) is 14.3 Å². The molecule has 1 fully saturated rings. The lowest BCUT2D eigenvalue weighted by Gasteiger charge is -2.47. The highest BCUT2D eigenvalue weighted by Gasteiger charge is 2.49. The summed E-state index contributed by atoms with van der Waals surface area (Å²) in [7, 11) is 1.64. The number of carbonyl (C=O) groups excluding carboxylic acids is 1. The lowest BCUT2D eigenvalue weighted by molar-refractivity contribution is -0.164. The molecule has 1 heterocycles. The van der Waals surface area contributed by atoms with Crippen molar-refractivity contribution in [1.82, 2.24) is 4.90 Å². The van der Waals surface area contributed by atoms with Crippen molar-refractivity contribution in [1.29, 1.82) is 0 Å². The number of hydrogen-bond acceptors (Lipinski definition) is 5. The zero-order valence-corrected chi connectivity index (χ0v) is 17.1. The van der Waals surface area contributed by atoms with E-state index in [4.69, 9.17) is 18.9 Å². The molecule has 1 aliphatic rings.